The van der Waals surface area contributed by atoms with Crippen LogP contribution in [0.1, 0.15) is 5.56 Å². The van der Waals surface area contributed by atoms with Gasteiger partial charge in [0.1, 0.15) is 11.3 Å². The molecular formula is C11H12ClNO2. The summed E-state index contributed by atoms with van der Waals surface area (Å²) >= 11 is 6.02. The summed E-state index contributed by atoms with van der Waals surface area (Å²) in [5, 5.41) is 14.0. The van der Waals surface area contributed by atoms with E-state index in [1.807, 2.05) is 13.1 Å². The minimum Gasteiger partial charge on any atom is -0.506 e. The van der Waals surface area contributed by atoms with Crippen LogP contribution >= 0.6 is 11.6 Å². The number of aromatic hydroxyl groups is 1. The molecule has 0 unspecified atom stereocenters. The second-order valence-electron chi connectivity index (χ2n) is 3.38. The van der Waals surface area contributed by atoms with Crippen LogP contribution in [-0.2, 0) is 6.42 Å². The molecule has 2 N–H and O–H groups in total. The molecule has 3 nitrogen and oxygen atoms in total. The van der Waals surface area contributed by atoms with Crippen molar-refractivity contribution in [1.82, 2.24) is 5.32 Å². The van der Waals surface area contributed by atoms with Gasteiger partial charge in [0.25, 0.3) is 0 Å². The van der Waals surface area contributed by atoms with Gasteiger partial charge in [-0.25, -0.2) is 0 Å². The molecule has 15 heavy (non-hydrogen) atoms. The topological polar surface area (TPSA) is 45.4 Å². The smallest absolute Gasteiger partial charge is 0.138 e. The number of benzene rings is 1. The molecule has 0 fully saturated rings. The molecule has 0 aliphatic heterocycles. The van der Waals surface area contributed by atoms with Crippen LogP contribution in [0.5, 0.6) is 5.75 Å². The standard InChI is InChI=1S/C11H12ClNO2/c1-13-4-2-7-6-9-8(3-5-15-9)10(12)11(7)14/h3,5-6,13-14H,2,4H2,1H3. The van der Waals surface area contributed by atoms with Crippen LogP contribution in [0.3, 0.4) is 0 Å². The predicted molar refractivity (Wildman–Crippen MR) is 60.5 cm³/mol. The third-order valence-corrected chi connectivity index (χ3v) is 2.78. The Labute approximate surface area is 92.6 Å². The van der Waals surface area contributed by atoms with Gasteiger partial charge in [0.05, 0.1) is 11.3 Å². The van der Waals surface area contributed by atoms with Crippen LogP contribution in [0.15, 0.2) is 22.8 Å². The lowest BCUT2D eigenvalue weighted by Gasteiger charge is -2.06. The van der Waals surface area contributed by atoms with Gasteiger partial charge in [-0.3, -0.25) is 0 Å². The number of hydrogen-bond acceptors (Lipinski definition) is 3. The lowest BCUT2D eigenvalue weighted by molar-refractivity contribution is 0.468. The van der Waals surface area contributed by atoms with Crippen LogP contribution in [0.4, 0.5) is 0 Å². The van der Waals surface area contributed by atoms with E-state index in [1.165, 1.54) is 0 Å². The van der Waals surface area contributed by atoms with E-state index in [-0.39, 0.29) is 5.75 Å². The molecule has 0 spiro atoms. The number of likely N-dealkylation sites (N-methyl/N-ethyl adjacent to an activating group) is 1. The van der Waals surface area contributed by atoms with Crippen molar-refractivity contribution < 1.29 is 9.52 Å². The normalized spacial score (nSPS) is 11.1. The largest absolute Gasteiger partial charge is 0.506 e. The number of fused-ring (bicyclic) bond motifs is 1. The molecule has 0 aliphatic carbocycles. The summed E-state index contributed by atoms with van der Waals surface area (Å²) in [5.74, 6) is 0.154. The number of phenolic OH excluding ortho intramolecular Hbond substituents is 1. The first-order valence-electron chi connectivity index (χ1n) is 4.76. The van der Waals surface area contributed by atoms with Gasteiger partial charge in [0.2, 0.25) is 0 Å². The van der Waals surface area contributed by atoms with E-state index in [0.717, 1.165) is 23.9 Å². The summed E-state index contributed by atoms with van der Waals surface area (Å²) in [7, 11) is 1.87. The quantitative estimate of drug-likeness (QED) is 0.844. The number of hydrogen-bond donors (Lipinski definition) is 2. The maximum absolute atomic E-state index is 9.84. The van der Waals surface area contributed by atoms with E-state index in [0.29, 0.717) is 10.6 Å². The fourth-order valence-electron chi connectivity index (χ4n) is 1.56. The predicted octanol–water partition coefficient (Wildman–Crippen LogP) is 2.55. The van der Waals surface area contributed by atoms with Gasteiger partial charge < -0.3 is 14.8 Å². The molecule has 0 saturated carbocycles. The van der Waals surface area contributed by atoms with Gasteiger partial charge in [0, 0.05) is 10.9 Å². The molecule has 1 aromatic heterocycles. The molecule has 2 rings (SSSR count). The Morgan fingerprint density at radius 3 is 3.07 bits per heavy atom. The Kier molecular flexibility index (Phi) is 2.84. The molecule has 1 heterocycles. The molecule has 0 amide bonds. The molecule has 0 bridgehead atoms. The average molecular weight is 226 g/mol. The van der Waals surface area contributed by atoms with Crippen molar-refractivity contribution >= 4 is 22.6 Å². The minimum absolute atomic E-state index is 0.154. The first kappa shape index (κ1) is 10.3. The van der Waals surface area contributed by atoms with Crippen LogP contribution < -0.4 is 5.32 Å². The Bertz CT molecular complexity index is 479. The molecular weight excluding hydrogens is 214 g/mol. The lowest BCUT2D eigenvalue weighted by atomic mass is 10.1. The summed E-state index contributed by atoms with van der Waals surface area (Å²) in [4.78, 5) is 0. The van der Waals surface area contributed by atoms with E-state index in [4.69, 9.17) is 16.0 Å². The maximum Gasteiger partial charge on any atom is 0.138 e. The molecule has 2 aromatic rings. The Hall–Kier alpha value is -1.19. The van der Waals surface area contributed by atoms with Crippen molar-refractivity contribution in [3.63, 3.8) is 0 Å². The number of rotatable bonds is 3. The molecule has 0 atom stereocenters. The molecule has 0 saturated heterocycles. The Morgan fingerprint density at radius 1 is 1.53 bits per heavy atom. The van der Waals surface area contributed by atoms with Crippen molar-refractivity contribution in [1.29, 1.82) is 0 Å². The van der Waals surface area contributed by atoms with Crippen molar-refractivity contribution in [2.75, 3.05) is 13.6 Å². The highest BCUT2D eigenvalue weighted by molar-refractivity contribution is 6.36. The highest BCUT2D eigenvalue weighted by Crippen LogP contribution is 2.36. The summed E-state index contributed by atoms with van der Waals surface area (Å²) in [6.07, 6.45) is 2.29. The molecule has 0 radical (unpaired) electrons. The average Bonchev–Trinajstić information content (AvgIpc) is 2.69. The highest BCUT2D eigenvalue weighted by atomic mass is 35.5. The Balaban J connectivity index is 2.50. The zero-order valence-electron chi connectivity index (χ0n) is 8.38. The molecule has 1 aromatic carbocycles. The molecule has 4 heteroatoms. The monoisotopic (exact) mass is 225 g/mol. The summed E-state index contributed by atoms with van der Waals surface area (Å²) in [6, 6.07) is 3.58. The fourth-order valence-corrected chi connectivity index (χ4v) is 1.84. The third-order valence-electron chi connectivity index (χ3n) is 2.39. The second-order valence-corrected chi connectivity index (χ2v) is 3.76. The van der Waals surface area contributed by atoms with Gasteiger partial charge in [-0.1, -0.05) is 11.6 Å². The van der Waals surface area contributed by atoms with Crippen molar-refractivity contribution in [3.05, 3.63) is 29.0 Å². The van der Waals surface area contributed by atoms with E-state index in [9.17, 15) is 5.11 Å². The van der Waals surface area contributed by atoms with Crippen molar-refractivity contribution in [2.45, 2.75) is 6.42 Å². The number of furan rings is 1. The highest BCUT2D eigenvalue weighted by Gasteiger charge is 2.12. The second kappa shape index (κ2) is 4.13. The number of halogens is 1. The molecule has 0 aliphatic rings. The zero-order chi connectivity index (χ0) is 10.8. The van der Waals surface area contributed by atoms with Crippen LogP contribution in [0.2, 0.25) is 5.02 Å². The first-order valence-corrected chi connectivity index (χ1v) is 5.14. The SMILES string of the molecule is CNCCc1cc2occc2c(Cl)c1O. The van der Waals surface area contributed by atoms with Crippen LogP contribution in [0, 0.1) is 0 Å². The van der Waals surface area contributed by atoms with Crippen molar-refractivity contribution in [2.24, 2.45) is 0 Å². The number of nitrogens with one attached hydrogen (secondary N) is 1. The van der Waals surface area contributed by atoms with E-state index in [1.54, 1.807) is 12.3 Å². The summed E-state index contributed by atoms with van der Waals surface area (Å²) in [6.45, 7) is 0.788. The van der Waals surface area contributed by atoms with Crippen molar-refractivity contribution in [3.8, 4) is 5.75 Å². The fraction of sp³-hybridized carbons (Fsp3) is 0.273. The lowest BCUT2D eigenvalue weighted by Crippen LogP contribution is -2.10. The van der Waals surface area contributed by atoms with Crippen LogP contribution in [0.25, 0.3) is 11.0 Å². The van der Waals surface area contributed by atoms with Gasteiger partial charge in [-0.05, 0) is 32.1 Å². The molecule has 80 valence electrons. The van der Waals surface area contributed by atoms with Gasteiger partial charge in [0.15, 0.2) is 0 Å². The maximum atomic E-state index is 9.84. The Morgan fingerprint density at radius 2 is 2.33 bits per heavy atom. The van der Waals surface area contributed by atoms with Gasteiger partial charge in [-0.15, -0.1) is 0 Å². The van der Waals surface area contributed by atoms with Gasteiger partial charge >= 0.3 is 0 Å². The summed E-state index contributed by atoms with van der Waals surface area (Å²) < 4.78 is 5.26. The van der Waals surface area contributed by atoms with E-state index in [2.05, 4.69) is 5.32 Å². The summed E-state index contributed by atoms with van der Waals surface area (Å²) in [5.41, 5.74) is 1.51. The van der Waals surface area contributed by atoms with E-state index >= 15 is 0 Å². The minimum atomic E-state index is 0.154. The number of phenols is 1. The third kappa shape index (κ3) is 1.80. The van der Waals surface area contributed by atoms with Crippen LogP contribution in [-0.4, -0.2) is 18.7 Å². The van der Waals surface area contributed by atoms with E-state index < -0.39 is 0 Å². The zero-order valence-corrected chi connectivity index (χ0v) is 9.14. The first-order chi connectivity index (χ1) is 7.24. The van der Waals surface area contributed by atoms with Gasteiger partial charge in [-0.2, -0.15) is 0 Å².